The summed E-state index contributed by atoms with van der Waals surface area (Å²) < 4.78 is 16.2. The van der Waals surface area contributed by atoms with E-state index in [4.69, 9.17) is 14.0 Å². The van der Waals surface area contributed by atoms with Crippen LogP contribution in [0.25, 0.3) is 0 Å². The van der Waals surface area contributed by atoms with Crippen molar-refractivity contribution in [2.75, 3.05) is 13.7 Å². The van der Waals surface area contributed by atoms with Gasteiger partial charge in [-0.2, -0.15) is 0 Å². The first kappa shape index (κ1) is 18.3. The summed E-state index contributed by atoms with van der Waals surface area (Å²) in [6.45, 7) is 2.03. The number of nitrogens with zero attached hydrogens (tertiary/aromatic N) is 1. The van der Waals surface area contributed by atoms with Crippen LogP contribution in [0.1, 0.15) is 47.5 Å². The van der Waals surface area contributed by atoms with Gasteiger partial charge in [-0.05, 0) is 37.5 Å². The van der Waals surface area contributed by atoms with E-state index in [2.05, 4.69) is 10.5 Å². The number of rotatable bonds is 7. The maximum Gasteiger partial charge on any atom is 0.273 e. The number of carbonyl (C=O) groups excluding carboxylic acids is 1. The molecule has 1 aliphatic carbocycles. The number of ether oxygens (including phenoxy) is 2. The van der Waals surface area contributed by atoms with E-state index in [1.165, 1.54) is 0 Å². The van der Waals surface area contributed by atoms with E-state index in [9.17, 15) is 9.90 Å². The zero-order valence-electron chi connectivity index (χ0n) is 15.1. The molecule has 0 saturated heterocycles. The molecule has 1 aliphatic rings. The Labute approximate surface area is 152 Å². The van der Waals surface area contributed by atoms with E-state index in [1.54, 1.807) is 13.2 Å². The summed E-state index contributed by atoms with van der Waals surface area (Å²) in [6.07, 6.45) is 3.54. The normalized spacial score (nSPS) is 15.7. The smallest absolute Gasteiger partial charge is 0.273 e. The zero-order chi connectivity index (χ0) is 18.6. The fraction of sp³-hybridized carbons (Fsp3) is 0.474. The van der Waals surface area contributed by atoms with Crippen LogP contribution in [0.15, 0.2) is 28.8 Å². The second-order valence-corrected chi connectivity index (χ2v) is 6.72. The third-order valence-electron chi connectivity index (χ3n) is 4.72. The quantitative estimate of drug-likeness (QED) is 0.788. The fourth-order valence-corrected chi connectivity index (χ4v) is 3.21. The summed E-state index contributed by atoms with van der Waals surface area (Å²) in [5, 5.41) is 16.3. The van der Waals surface area contributed by atoms with E-state index < -0.39 is 5.54 Å². The first-order valence-electron chi connectivity index (χ1n) is 8.72. The van der Waals surface area contributed by atoms with Gasteiger partial charge >= 0.3 is 0 Å². The molecule has 0 unspecified atom stereocenters. The number of carbonyl (C=O) groups is 1. The summed E-state index contributed by atoms with van der Waals surface area (Å²) in [4.78, 5) is 12.4. The largest absolute Gasteiger partial charge is 0.493 e. The predicted octanol–water partition coefficient (Wildman–Crippen LogP) is 2.61. The lowest BCUT2D eigenvalue weighted by Gasteiger charge is -2.27. The maximum absolute atomic E-state index is 12.4. The van der Waals surface area contributed by atoms with Crippen LogP contribution in [-0.2, 0) is 6.61 Å². The lowest BCUT2D eigenvalue weighted by atomic mass is 9.99. The summed E-state index contributed by atoms with van der Waals surface area (Å²) in [7, 11) is 1.58. The van der Waals surface area contributed by atoms with E-state index in [0.29, 0.717) is 17.3 Å². The number of aryl methyl sites for hydroxylation is 1. The molecule has 0 spiro atoms. The van der Waals surface area contributed by atoms with Crippen LogP contribution in [-0.4, -0.2) is 35.4 Å². The van der Waals surface area contributed by atoms with Gasteiger partial charge in [0.15, 0.2) is 23.0 Å². The first-order chi connectivity index (χ1) is 12.5. The number of methoxy groups -OCH3 is 1. The third-order valence-corrected chi connectivity index (χ3v) is 4.72. The van der Waals surface area contributed by atoms with Crippen molar-refractivity contribution < 1.29 is 23.9 Å². The Hall–Kier alpha value is -2.54. The molecular weight excluding hydrogens is 336 g/mol. The molecule has 0 aliphatic heterocycles. The van der Waals surface area contributed by atoms with Gasteiger partial charge in [0.05, 0.1) is 19.3 Å². The van der Waals surface area contributed by atoms with Crippen molar-refractivity contribution in [3.8, 4) is 11.5 Å². The molecule has 7 heteroatoms. The Kier molecular flexibility index (Phi) is 5.46. The number of benzene rings is 1. The highest BCUT2D eigenvalue weighted by atomic mass is 16.5. The molecular formula is C19H24N2O5. The van der Waals surface area contributed by atoms with Crippen molar-refractivity contribution in [2.24, 2.45) is 0 Å². The molecule has 140 valence electrons. The molecule has 26 heavy (non-hydrogen) atoms. The molecule has 1 heterocycles. The van der Waals surface area contributed by atoms with Crippen molar-refractivity contribution in [3.63, 3.8) is 0 Å². The molecule has 1 amide bonds. The Balaban J connectivity index is 1.62. The van der Waals surface area contributed by atoms with Gasteiger partial charge in [0.2, 0.25) is 0 Å². The highest BCUT2D eigenvalue weighted by Crippen LogP contribution is 2.30. The molecule has 1 aromatic carbocycles. The van der Waals surface area contributed by atoms with Gasteiger partial charge in [-0.3, -0.25) is 4.79 Å². The average molecular weight is 360 g/mol. The number of nitrogens with one attached hydrogen (secondary N) is 1. The number of aliphatic hydroxyl groups excluding tert-OH is 1. The standard InChI is InChI=1S/C19H24N2O5/c1-13-5-6-16(17(9-13)24-2)25-11-14-10-15(21-26-14)18(23)20-19(12-22)7-3-4-8-19/h5-6,9-10,22H,3-4,7-8,11-12H2,1-2H3,(H,20,23). The number of hydrogen-bond donors (Lipinski definition) is 2. The molecule has 2 N–H and O–H groups in total. The van der Waals surface area contributed by atoms with Gasteiger partial charge in [0.1, 0.15) is 6.61 Å². The first-order valence-corrected chi connectivity index (χ1v) is 8.72. The third kappa shape index (κ3) is 3.99. The van der Waals surface area contributed by atoms with Crippen LogP contribution in [0.4, 0.5) is 0 Å². The molecule has 0 bridgehead atoms. The molecule has 0 radical (unpaired) electrons. The monoisotopic (exact) mass is 360 g/mol. The Morgan fingerprint density at radius 1 is 1.31 bits per heavy atom. The topological polar surface area (TPSA) is 93.8 Å². The van der Waals surface area contributed by atoms with Gasteiger partial charge in [-0.1, -0.05) is 24.1 Å². The summed E-state index contributed by atoms with van der Waals surface area (Å²) >= 11 is 0. The SMILES string of the molecule is COc1cc(C)ccc1OCc1cc(C(=O)NC2(CO)CCCC2)no1. The Morgan fingerprint density at radius 3 is 2.77 bits per heavy atom. The van der Waals surface area contributed by atoms with Crippen LogP contribution in [0.2, 0.25) is 0 Å². The van der Waals surface area contributed by atoms with E-state index in [-0.39, 0.29) is 24.8 Å². The van der Waals surface area contributed by atoms with Gasteiger partial charge in [-0.15, -0.1) is 0 Å². The predicted molar refractivity (Wildman–Crippen MR) is 94.3 cm³/mol. The van der Waals surface area contributed by atoms with Crippen molar-refractivity contribution in [3.05, 3.63) is 41.3 Å². The average Bonchev–Trinajstić information content (AvgIpc) is 3.30. The molecule has 1 fully saturated rings. The highest BCUT2D eigenvalue weighted by molar-refractivity contribution is 5.92. The minimum Gasteiger partial charge on any atom is -0.493 e. The minimum atomic E-state index is -0.540. The van der Waals surface area contributed by atoms with Crippen LogP contribution in [0, 0.1) is 6.92 Å². The number of amides is 1. The second-order valence-electron chi connectivity index (χ2n) is 6.72. The van der Waals surface area contributed by atoms with Crippen LogP contribution < -0.4 is 14.8 Å². The van der Waals surface area contributed by atoms with Crippen LogP contribution in [0.5, 0.6) is 11.5 Å². The molecule has 1 aromatic heterocycles. The second kappa shape index (κ2) is 7.78. The van der Waals surface area contributed by atoms with Crippen molar-refractivity contribution in [1.29, 1.82) is 0 Å². The zero-order valence-corrected chi connectivity index (χ0v) is 15.1. The summed E-state index contributed by atoms with van der Waals surface area (Å²) in [5.41, 5.74) is 0.707. The highest BCUT2D eigenvalue weighted by Gasteiger charge is 2.35. The van der Waals surface area contributed by atoms with Gasteiger partial charge in [-0.25, -0.2) is 0 Å². The van der Waals surface area contributed by atoms with E-state index in [0.717, 1.165) is 31.2 Å². The van der Waals surface area contributed by atoms with Crippen molar-refractivity contribution in [1.82, 2.24) is 10.5 Å². The Bertz CT molecular complexity index is 765. The van der Waals surface area contributed by atoms with Crippen molar-refractivity contribution >= 4 is 5.91 Å². The van der Waals surface area contributed by atoms with Crippen LogP contribution >= 0.6 is 0 Å². The number of aromatic nitrogens is 1. The molecule has 7 nitrogen and oxygen atoms in total. The number of hydrogen-bond acceptors (Lipinski definition) is 6. The van der Waals surface area contributed by atoms with E-state index >= 15 is 0 Å². The molecule has 2 aromatic rings. The minimum absolute atomic E-state index is 0.0697. The molecule has 1 saturated carbocycles. The van der Waals surface area contributed by atoms with E-state index in [1.807, 2.05) is 25.1 Å². The van der Waals surface area contributed by atoms with Gasteiger partial charge in [0.25, 0.3) is 5.91 Å². The fourth-order valence-electron chi connectivity index (χ4n) is 3.21. The molecule has 3 rings (SSSR count). The van der Waals surface area contributed by atoms with Gasteiger partial charge < -0.3 is 24.4 Å². The number of aliphatic hydroxyl groups is 1. The van der Waals surface area contributed by atoms with Crippen LogP contribution in [0.3, 0.4) is 0 Å². The summed E-state index contributed by atoms with van der Waals surface area (Å²) in [6, 6.07) is 7.18. The maximum atomic E-state index is 12.4. The lowest BCUT2D eigenvalue weighted by Crippen LogP contribution is -2.49. The summed E-state index contributed by atoms with van der Waals surface area (Å²) in [5.74, 6) is 1.31. The lowest BCUT2D eigenvalue weighted by molar-refractivity contribution is 0.0829. The van der Waals surface area contributed by atoms with Crippen molar-refractivity contribution in [2.45, 2.75) is 44.8 Å². The van der Waals surface area contributed by atoms with Gasteiger partial charge in [0, 0.05) is 6.07 Å². The Morgan fingerprint density at radius 2 is 2.08 bits per heavy atom. The molecule has 0 atom stereocenters.